The number of nitriles is 1. The summed E-state index contributed by atoms with van der Waals surface area (Å²) in [5.41, 5.74) is 1.26. The number of rotatable bonds is 11. The first kappa shape index (κ1) is 16.2. The molecule has 19 heavy (non-hydrogen) atoms. The molecule has 0 radical (unpaired) electrons. The molecule has 1 rings (SSSR count). The van der Waals surface area contributed by atoms with Gasteiger partial charge in [-0.2, -0.15) is 5.26 Å². The van der Waals surface area contributed by atoms with Crippen molar-refractivity contribution in [3.63, 3.8) is 0 Å². The number of aryl methyl sites for hydroxylation is 1. The van der Waals surface area contributed by atoms with E-state index < -0.39 is 0 Å². The molecule has 0 aliphatic carbocycles. The van der Waals surface area contributed by atoms with Crippen LogP contribution in [0.2, 0.25) is 0 Å². The van der Waals surface area contributed by atoms with E-state index in [1.54, 1.807) is 11.3 Å². The fourth-order valence-corrected chi connectivity index (χ4v) is 3.18. The van der Waals surface area contributed by atoms with E-state index in [-0.39, 0.29) is 0 Å². The molecule has 0 amide bonds. The van der Waals surface area contributed by atoms with E-state index in [0.29, 0.717) is 0 Å². The lowest BCUT2D eigenvalue weighted by atomic mass is 10.0. The summed E-state index contributed by atoms with van der Waals surface area (Å²) in [6.45, 7) is 2.27. The van der Waals surface area contributed by atoms with E-state index in [0.717, 1.165) is 11.3 Å². The van der Waals surface area contributed by atoms with E-state index in [2.05, 4.69) is 19.1 Å². The van der Waals surface area contributed by atoms with Crippen LogP contribution in [0.15, 0.2) is 11.4 Å². The van der Waals surface area contributed by atoms with Gasteiger partial charge in [-0.1, -0.05) is 64.7 Å². The largest absolute Gasteiger partial charge is 0.192 e. The second-order valence-electron chi connectivity index (χ2n) is 5.32. The maximum Gasteiger partial charge on any atom is 0.110 e. The third-order valence-electron chi connectivity index (χ3n) is 3.65. The van der Waals surface area contributed by atoms with Crippen molar-refractivity contribution in [3.8, 4) is 6.07 Å². The number of unbranched alkanes of at least 4 members (excludes halogenated alkanes) is 9. The molecule has 0 atom stereocenters. The summed E-state index contributed by atoms with van der Waals surface area (Å²) < 4.78 is 0. The zero-order valence-electron chi connectivity index (χ0n) is 12.3. The van der Waals surface area contributed by atoms with Crippen molar-refractivity contribution in [2.75, 3.05) is 0 Å². The van der Waals surface area contributed by atoms with Crippen molar-refractivity contribution in [2.24, 2.45) is 0 Å². The van der Waals surface area contributed by atoms with Crippen LogP contribution in [0.1, 0.15) is 81.6 Å². The van der Waals surface area contributed by atoms with E-state index in [1.165, 1.54) is 69.8 Å². The quantitative estimate of drug-likeness (QED) is 0.449. The summed E-state index contributed by atoms with van der Waals surface area (Å²) in [5, 5.41) is 11.0. The topological polar surface area (TPSA) is 23.8 Å². The van der Waals surface area contributed by atoms with E-state index >= 15 is 0 Å². The van der Waals surface area contributed by atoms with Crippen LogP contribution >= 0.6 is 11.3 Å². The molecule has 0 unspecified atom stereocenters. The Morgan fingerprint density at radius 3 is 2.11 bits per heavy atom. The molecule has 0 aliphatic rings. The lowest BCUT2D eigenvalue weighted by molar-refractivity contribution is 0.556. The minimum Gasteiger partial charge on any atom is -0.192 e. The molecule has 1 heterocycles. The van der Waals surface area contributed by atoms with Crippen molar-refractivity contribution in [2.45, 2.75) is 77.6 Å². The van der Waals surface area contributed by atoms with Gasteiger partial charge in [-0.15, -0.1) is 11.3 Å². The fourth-order valence-electron chi connectivity index (χ4n) is 2.43. The Morgan fingerprint density at radius 2 is 1.53 bits per heavy atom. The SMILES string of the molecule is CCCCCCCCCCCCc1ccsc1C#N. The van der Waals surface area contributed by atoms with Gasteiger partial charge in [0.15, 0.2) is 0 Å². The summed E-state index contributed by atoms with van der Waals surface area (Å²) in [6, 6.07) is 4.39. The molecule has 2 heteroatoms. The van der Waals surface area contributed by atoms with Gasteiger partial charge in [0.25, 0.3) is 0 Å². The average molecular weight is 277 g/mol. The van der Waals surface area contributed by atoms with Gasteiger partial charge < -0.3 is 0 Å². The highest BCUT2D eigenvalue weighted by Crippen LogP contribution is 2.18. The van der Waals surface area contributed by atoms with Crippen LogP contribution in [0.5, 0.6) is 0 Å². The highest BCUT2D eigenvalue weighted by atomic mass is 32.1. The number of thiophene rings is 1. The molecule has 0 fully saturated rings. The summed E-state index contributed by atoms with van der Waals surface area (Å²) in [6.07, 6.45) is 14.8. The standard InChI is InChI=1S/C17H27NS/c1-2-3-4-5-6-7-8-9-10-11-12-16-13-14-19-17(16)15-18/h13-14H,2-12H2,1H3. The second kappa shape index (κ2) is 11.1. The van der Waals surface area contributed by atoms with Gasteiger partial charge in [-0.25, -0.2) is 0 Å². The summed E-state index contributed by atoms with van der Waals surface area (Å²) >= 11 is 1.57. The molecule has 1 nitrogen and oxygen atoms in total. The van der Waals surface area contributed by atoms with Crippen molar-refractivity contribution >= 4 is 11.3 Å². The third-order valence-corrected chi connectivity index (χ3v) is 4.51. The van der Waals surface area contributed by atoms with Gasteiger partial charge >= 0.3 is 0 Å². The van der Waals surface area contributed by atoms with Crippen LogP contribution in [-0.4, -0.2) is 0 Å². The highest BCUT2D eigenvalue weighted by molar-refractivity contribution is 7.10. The monoisotopic (exact) mass is 277 g/mol. The summed E-state index contributed by atoms with van der Waals surface area (Å²) in [7, 11) is 0. The number of hydrogen-bond acceptors (Lipinski definition) is 2. The number of nitrogens with zero attached hydrogens (tertiary/aromatic N) is 1. The summed E-state index contributed by atoms with van der Waals surface area (Å²) in [4.78, 5) is 0.913. The minimum atomic E-state index is 0.913. The highest BCUT2D eigenvalue weighted by Gasteiger charge is 2.02. The van der Waals surface area contributed by atoms with Crippen LogP contribution in [0.3, 0.4) is 0 Å². The second-order valence-corrected chi connectivity index (χ2v) is 6.23. The summed E-state index contributed by atoms with van der Waals surface area (Å²) in [5.74, 6) is 0. The molecule has 0 N–H and O–H groups in total. The minimum absolute atomic E-state index is 0.913. The van der Waals surface area contributed by atoms with Gasteiger partial charge in [0.1, 0.15) is 10.9 Å². The van der Waals surface area contributed by atoms with Crippen molar-refractivity contribution in [1.29, 1.82) is 5.26 Å². The Kier molecular flexibility index (Phi) is 9.45. The third kappa shape index (κ3) is 7.38. The molecule has 106 valence electrons. The first-order valence-electron chi connectivity index (χ1n) is 7.85. The smallest absolute Gasteiger partial charge is 0.110 e. The Bertz CT molecular complexity index is 362. The van der Waals surface area contributed by atoms with Crippen molar-refractivity contribution < 1.29 is 0 Å². The Labute approximate surface area is 122 Å². The first-order valence-corrected chi connectivity index (χ1v) is 8.73. The van der Waals surface area contributed by atoms with Crippen LogP contribution in [-0.2, 0) is 6.42 Å². The molecule has 0 spiro atoms. The van der Waals surface area contributed by atoms with Crippen LogP contribution in [0, 0.1) is 11.3 Å². The molecule has 0 saturated carbocycles. The molecule has 0 saturated heterocycles. The van der Waals surface area contributed by atoms with Gasteiger partial charge in [-0.05, 0) is 29.9 Å². The molecular weight excluding hydrogens is 250 g/mol. The van der Waals surface area contributed by atoms with Crippen LogP contribution in [0.25, 0.3) is 0 Å². The van der Waals surface area contributed by atoms with Gasteiger partial charge in [-0.3, -0.25) is 0 Å². The Balaban J connectivity index is 1.90. The van der Waals surface area contributed by atoms with Crippen LogP contribution < -0.4 is 0 Å². The predicted octanol–water partition coefficient (Wildman–Crippen LogP) is 6.08. The lowest BCUT2D eigenvalue weighted by Crippen LogP contribution is -1.86. The molecule has 1 aromatic heterocycles. The molecule has 0 aromatic carbocycles. The fraction of sp³-hybridized carbons (Fsp3) is 0.706. The maximum atomic E-state index is 8.93. The lowest BCUT2D eigenvalue weighted by Gasteiger charge is -2.02. The first-order chi connectivity index (χ1) is 9.38. The molecule has 0 bridgehead atoms. The zero-order valence-corrected chi connectivity index (χ0v) is 13.1. The normalized spacial score (nSPS) is 10.5. The number of hydrogen-bond donors (Lipinski definition) is 0. The van der Waals surface area contributed by atoms with E-state index in [1.807, 2.05) is 5.38 Å². The molecule has 1 aromatic rings. The van der Waals surface area contributed by atoms with Gasteiger partial charge in [0.2, 0.25) is 0 Å². The maximum absolute atomic E-state index is 8.93. The Hall–Kier alpha value is -0.810. The molecular formula is C17H27NS. The van der Waals surface area contributed by atoms with Gasteiger partial charge in [0.05, 0.1) is 0 Å². The Morgan fingerprint density at radius 1 is 0.947 bits per heavy atom. The van der Waals surface area contributed by atoms with E-state index in [4.69, 9.17) is 5.26 Å². The predicted molar refractivity (Wildman–Crippen MR) is 84.6 cm³/mol. The zero-order chi connectivity index (χ0) is 13.8. The molecule has 0 aliphatic heterocycles. The van der Waals surface area contributed by atoms with Gasteiger partial charge in [0, 0.05) is 0 Å². The van der Waals surface area contributed by atoms with Crippen molar-refractivity contribution in [1.82, 2.24) is 0 Å². The van der Waals surface area contributed by atoms with Crippen molar-refractivity contribution in [3.05, 3.63) is 21.9 Å². The van der Waals surface area contributed by atoms with E-state index in [9.17, 15) is 0 Å². The average Bonchev–Trinajstić information content (AvgIpc) is 2.88. The van der Waals surface area contributed by atoms with Crippen LogP contribution in [0.4, 0.5) is 0 Å².